The number of rotatable bonds is 4. The third-order valence-corrected chi connectivity index (χ3v) is 3.31. The van der Waals surface area contributed by atoms with Crippen molar-refractivity contribution in [2.75, 3.05) is 13.2 Å². The molecule has 108 valence electrons. The minimum absolute atomic E-state index is 0.688. The summed E-state index contributed by atoms with van der Waals surface area (Å²) in [5, 5.41) is 4.43. The quantitative estimate of drug-likeness (QED) is 0.675. The van der Waals surface area contributed by atoms with E-state index in [0.29, 0.717) is 6.61 Å². The molecular weight excluding hydrogens is 250 g/mol. The summed E-state index contributed by atoms with van der Waals surface area (Å²) in [7, 11) is 0. The second kappa shape index (κ2) is 7.68. The van der Waals surface area contributed by atoms with Gasteiger partial charge in [0.05, 0.1) is 12.3 Å². The van der Waals surface area contributed by atoms with Gasteiger partial charge in [-0.1, -0.05) is 6.42 Å². The van der Waals surface area contributed by atoms with Gasteiger partial charge in [0, 0.05) is 13.0 Å². The normalized spacial score (nSPS) is 16.3. The van der Waals surface area contributed by atoms with E-state index in [0.717, 1.165) is 35.8 Å². The van der Waals surface area contributed by atoms with Gasteiger partial charge in [0.1, 0.15) is 11.6 Å². The van der Waals surface area contributed by atoms with Crippen LogP contribution in [0.15, 0.2) is 34.4 Å². The number of amidine groups is 1. The van der Waals surface area contributed by atoms with Crippen LogP contribution in [-0.2, 0) is 0 Å². The molecule has 20 heavy (non-hydrogen) atoms. The Bertz CT molecular complexity index is 477. The summed E-state index contributed by atoms with van der Waals surface area (Å²) in [5.41, 5.74) is 5.16. The Hall–Kier alpha value is -1.84. The van der Waals surface area contributed by atoms with Crippen LogP contribution in [0.25, 0.3) is 0 Å². The highest BCUT2D eigenvalue weighted by molar-refractivity contribution is 5.99. The molecule has 2 rings (SSSR count). The monoisotopic (exact) mass is 273 g/mol. The largest absolute Gasteiger partial charge is 0.494 e. The van der Waals surface area contributed by atoms with E-state index in [1.165, 1.54) is 19.3 Å². The molecule has 1 heterocycles. The molecule has 0 saturated carbocycles. The second-order valence-corrected chi connectivity index (χ2v) is 4.91. The van der Waals surface area contributed by atoms with Crippen LogP contribution in [0.1, 0.15) is 45.1 Å². The first-order valence-electron chi connectivity index (χ1n) is 7.36. The number of hydrogen-bond acceptors (Lipinski definition) is 4. The first-order valence-corrected chi connectivity index (χ1v) is 7.36. The minimum atomic E-state index is 0.688. The number of nitrogens with one attached hydrogen (secondary N) is 1. The predicted molar refractivity (Wildman–Crippen MR) is 83.7 cm³/mol. The lowest BCUT2D eigenvalue weighted by atomic mass is 10.1. The van der Waals surface area contributed by atoms with Gasteiger partial charge in [-0.05, 0) is 56.5 Å². The first kappa shape index (κ1) is 14.6. The van der Waals surface area contributed by atoms with Crippen LogP contribution in [0.3, 0.4) is 0 Å². The summed E-state index contributed by atoms with van der Waals surface area (Å²) in [4.78, 5) is 4.51. The fraction of sp³-hybridized carbons (Fsp3) is 0.500. The van der Waals surface area contributed by atoms with E-state index >= 15 is 0 Å². The zero-order valence-electron chi connectivity index (χ0n) is 12.4. The SMILES string of the molecule is CCOc1ccc(/C(C)=N\NC2=NCCCCC2)cc1. The van der Waals surface area contributed by atoms with Crippen LogP contribution in [0.5, 0.6) is 5.75 Å². The second-order valence-electron chi connectivity index (χ2n) is 4.91. The highest BCUT2D eigenvalue weighted by Gasteiger charge is 2.04. The Morgan fingerprint density at radius 1 is 1.25 bits per heavy atom. The van der Waals surface area contributed by atoms with E-state index in [1.54, 1.807) is 0 Å². The molecule has 1 aromatic carbocycles. The van der Waals surface area contributed by atoms with E-state index in [1.807, 2.05) is 38.1 Å². The third kappa shape index (κ3) is 4.37. The van der Waals surface area contributed by atoms with Crippen molar-refractivity contribution in [3.63, 3.8) is 0 Å². The lowest BCUT2D eigenvalue weighted by Crippen LogP contribution is -2.19. The summed E-state index contributed by atoms with van der Waals surface area (Å²) in [6.45, 7) is 5.59. The van der Waals surface area contributed by atoms with Gasteiger partial charge in [0.15, 0.2) is 0 Å². The Kier molecular flexibility index (Phi) is 5.59. The van der Waals surface area contributed by atoms with E-state index < -0.39 is 0 Å². The van der Waals surface area contributed by atoms with Gasteiger partial charge >= 0.3 is 0 Å². The van der Waals surface area contributed by atoms with Crippen molar-refractivity contribution in [1.29, 1.82) is 0 Å². The maximum Gasteiger partial charge on any atom is 0.119 e. The first-order chi connectivity index (χ1) is 9.79. The number of hydrazone groups is 1. The Morgan fingerprint density at radius 3 is 2.80 bits per heavy atom. The van der Waals surface area contributed by atoms with Crippen molar-refractivity contribution >= 4 is 11.5 Å². The van der Waals surface area contributed by atoms with Crippen molar-refractivity contribution in [3.8, 4) is 5.75 Å². The van der Waals surface area contributed by atoms with E-state index in [9.17, 15) is 0 Å². The van der Waals surface area contributed by atoms with Gasteiger partial charge in [-0.3, -0.25) is 10.4 Å². The van der Waals surface area contributed by atoms with E-state index in [4.69, 9.17) is 4.74 Å². The van der Waals surface area contributed by atoms with Crippen LogP contribution in [0.2, 0.25) is 0 Å². The third-order valence-electron chi connectivity index (χ3n) is 3.31. The van der Waals surface area contributed by atoms with Gasteiger partial charge in [-0.15, -0.1) is 0 Å². The van der Waals surface area contributed by atoms with Crippen LogP contribution in [0.4, 0.5) is 0 Å². The number of nitrogens with zero attached hydrogens (tertiary/aromatic N) is 2. The van der Waals surface area contributed by atoms with Crippen molar-refractivity contribution in [2.24, 2.45) is 10.1 Å². The average Bonchev–Trinajstić information content (AvgIpc) is 2.74. The van der Waals surface area contributed by atoms with E-state index in [2.05, 4.69) is 15.5 Å². The van der Waals surface area contributed by atoms with Gasteiger partial charge < -0.3 is 4.74 Å². The van der Waals surface area contributed by atoms with Crippen molar-refractivity contribution in [1.82, 2.24) is 5.43 Å². The highest BCUT2D eigenvalue weighted by atomic mass is 16.5. The standard InChI is InChI=1S/C16H23N3O/c1-3-20-15-10-8-14(9-11-15)13(2)18-19-16-7-5-4-6-12-17-16/h8-11H,3-7,12H2,1-2H3,(H,17,19)/b18-13-. The molecule has 1 aromatic rings. The molecule has 0 spiro atoms. The van der Waals surface area contributed by atoms with Crippen LogP contribution < -0.4 is 10.2 Å². The molecule has 4 nitrogen and oxygen atoms in total. The molecule has 0 aromatic heterocycles. The lowest BCUT2D eigenvalue weighted by molar-refractivity contribution is 0.340. The topological polar surface area (TPSA) is 46.0 Å². The predicted octanol–water partition coefficient (Wildman–Crippen LogP) is 3.37. The van der Waals surface area contributed by atoms with E-state index in [-0.39, 0.29) is 0 Å². The molecule has 4 heteroatoms. The maximum atomic E-state index is 5.44. The average molecular weight is 273 g/mol. The Morgan fingerprint density at radius 2 is 2.05 bits per heavy atom. The molecule has 0 aliphatic carbocycles. The zero-order valence-corrected chi connectivity index (χ0v) is 12.4. The van der Waals surface area contributed by atoms with Crippen LogP contribution in [-0.4, -0.2) is 24.7 Å². The summed E-state index contributed by atoms with van der Waals surface area (Å²) in [6.07, 6.45) is 4.65. The molecule has 1 aliphatic heterocycles. The zero-order chi connectivity index (χ0) is 14.2. The van der Waals surface area contributed by atoms with Gasteiger partial charge in [-0.2, -0.15) is 5.10 Å². The summed E-state index contributed by atoms with van der Waals surface area (Å²) in [5.74, 6) is 1.90. The smallest absolute Gasteiger partial charge is 0.119 e. The van der Waals surface area contributed by atoms with Gasteiger partial charge in [0.2, 0.25) is 0 Å². The maximum absolute atomic E-state index is 5.44. The fourth-order valence-corrected chi connectivity index (χ4v) is 2.14. The minimum Gasteiger partial charge on any atom is -0.494 e. The Balaban J connectivity index is 1.96. The fourth-order valence-electron chi connectivity index (χ4n) is 2.14. The molecular formula is C16H23N3O. The molecule has 0 unspecified atom stereocenters. The van der Waals surface area contributed by atoms with Crippen LogP contribution in [0, 0.1) is 0 Å². The summed E-state index contributed by atoms with van der Waals surface area (Å²) < 4.78 is 5.44. The van der Waals surface area contributed by atoms with Gasteiger partial charge in [-0.25, -0.2) is 0 Å². The lowest BCUT2D eigenvalue weighted by Gasteiger charge is -2.06. The molecule has 0 fully saturated rings. The molecule has 0 amide bonds. The Labute approximate surface area is 120 Å². The summed E-state index contributed by atoms with van der Waals surface area (Å²) in [6, 6.07) is 8.00. The number of hydrogen-bond donors (Lipinski definition) is 1. The molecule has 1 aliphatic rings. The van der Waals surface area contributed by atoms with Gasteiger partial charge in [0.25, 0.3) is 0 Å². The number of ether oxygens (including phenoxy) is 1. The van der Waals surface area contributed by atoms with Crippen LogP contribution >= 0.6 is 0 Å². The summed E-state index contributed by atoms with van der Waals surface area (Å²) >= 11 is 0. The number of benzene rings is 1. The molecule has 0 atom stereocenters. The molecule has 0 radical (unpaired) electrons. The molecule has 0 saturated heterocycles. The number of aliphatic imine (C=N–C) groups is 1. The van der Waals surface area contributed by atoms with Crippen molar-refractivity contribution in [2.45, 2.75) is 39.5 Å². The molecule has 0 bridgehead atoms. The molecule has 1 N–H and O–H groups in total. The van der Waals surface area contributed by atoms with Crippen molar-refractivity contribution in [3.05, 3.63) is 29.8 Å². The van der Waals surface area contributed by atoms with Crippen molar-refractivity contribution < 1.29 is 4.74 Å². The highest BCUT2D eigenvalue weighted by Crippen LogP contribution is 2.12.